The quantitative estimate of drug-likeness (QED) is 0.897. The zero-order chi connectivity index (χ0) is 18.6. The normalized spacial score (nSPS) is 18.9. The van der Waals surface area contributed by atoms with Gasteiger partial charge >= 0.3 is 0 Å². The van der Waals surface area contributed by atoms with Gasteiger partial charge in [0.15, 0.2) is 9.84 Å². The third-order valence-electron chi connectivity index (χ3n) is 4.18. The van der Waals surface area contributed by atoms with Crippen molar-refractivity contribution in [1.82, 2.24) is 0 Å². The van der Waals surface area contributed by atoms with Crippen LogP contribution in [-0.4, -0.2) is 25.7 Å². The summed E-state index contributed by atoms with van der Waals surface area (Å²) in [4.78, 5) is -0.292. The molecule has 134 valence electrons. The molecule has 2 aromatic carbocycles. The molecule has 1 aliphatic rings. The van der Waals surface area contributed by atoms with Crippen LogP contribution in [0.25, 0.3) is 0 Å². The number of aliphatic hydroxyl groups is 1. The number of sulfone groups is 1. The second-order valence-corrected chi connectivity index (χ2v) is 8.48. The molecule has 0 radical (unpaired) electrons. The van der Waals surface area contributed by atoms with Crippen LogP contribution in [0.1, 0.15) is 28.4 Å². The monoisotopic (exact) mass is 368 g/mol. The standard InChI is InChI=1S/C18H18F2O4S/c1-10-6-11(2)8-12(7-10)24-14-4-5-15(25(3,22)23)16-13(14)9-18(19,20)17(16)21/h4-8,17,21H,9H2,1-3H3/t17-/m0/s1. The highest BCUT2D eigenvalue weighted by Gasteiger charge is 2.50. The van der Waals surface area contributed by atoms with E-state index in [9.17, 15) is 22.3 Å². The highest BCUT2D eigenvalue weighted by Crippen LogP contribution is 2.49. The van der Waals surface area contributed by atoms with Gasteiger partial charge in [0.25, 0.3) is 5.92 Å². The summed E-state index contributed by atoms with van der Waals surface area (Å²) in [6.07, 6.45) is -2.02. The van der Waals surface area contributed by atoms with Crippen molar-refractivity contribution < 1.29 is 27.0 Å². The molecule has 0 unspecified atom stereocenters. The van der Waals surface area contributed by atoms with Crippen molar-refractivity contribution in [3.8, 4) is 11.5 Å². The van der Waals surface area contributed by atoms with Crippen molar-refractivity contribution in [2.24, 2.45) is 0 Å². The lowest BCUT2D eigenvalue weighted by atomic mass is 10.1. The number of alkyl halides is 2. The Morgan fingerprint density at radius 2 is 1.76 bits per heavy atom. The molecular formula is C18H18F2O4S. The second-order valence-electron chi connectivity index (χ2n) is 6.49. The Kier molecular flexibility index (Phi) is 4.12. The highest BCUT2D eigenvalue weighted by atomic mass is 32.2. The lowest BCUT2D eigenvalue weighted by molar-refractivity contribution is -0.0976. The van der Waals surface area contributed by atoms with Gasteiger partial charge < -0.3 is 9.84 Å². The topological polar surface area (TPSA) is 63.6 Å². The van der Waals surface area contributed by atoms with E-state index < -0.39 is 28.3 Å². The SMILES string of the molecule is Cc1cc(C)cc(Oc2ccc(S(C)(=O)=O)c3c2CC(F)(F)[C@H]3O)c1. The molecule has 0 saturated carbocycles. The van der Waals surface area contributed by atoms with Gasteiger partial charge in [-0.2, -0.15) is 0 Å². The molecule has 3 rings (SSSR count). The average Bonchev–Trinajstić information content (AvgIpc) is 2.68. The Labute approximate surface area is 145 Å². The van der Waals surface area contributed by atoms with Crippen LogP contribution in [0.3, 0.4) is 0 Å². The summed E-state index contributed by atoms with van der Waals surface area (Å²) in [5.41, 5.74) is 1.66. The van der Waals surface area contributed by atoms with Gasteiger partial charge in [-0.1, -0.05) is 6.07 Å². The molecule has 0 amide bonds. The Morgan fingerprint density at radius 1 is 1.16 bits per heavy atom. The number of aryl methyl sites for hydroxylation is 2. The third-order valence-corrected chi connectivity index (χ3v) is 5.34. The van der Waals surface area contributed by atoms with Gasteiger partial charge in [-0.3, -0.25) is 0 Å². The van der Waals surface area contributed by atoms with Crippen LogP contribution in [0.2, 0.25) is 0 Å². The van der Waals surface area contributed by atoms with Crippen LogP contribution in [0.15, 0.2) is 35.2 Å². The van der Waals surface area contributed by atoms with E-state index in [0.29, 0.717) is 5.75 Å². The van der Waals surface area contributed by atoms with E-state index in [1.54, 1.807) is 12.1 Å². The molecule has 0 fully saturated rings. The summed E-state index contributed by atoms with van der Waals surface area (Å²) in [5, 5.41) is 9.96. The number of benzene rings is 2. The molecule has 0 spiro atoms. The molecule has 1 N–H and O–H groups in total. The van der Waals surface area contributed by atoms with Crippen molar-refractivity contribution in [3.63, 3.8) is 0 Å². The molecule has 0 aliphatic heterocycles. The minimum atomic E-state index is -3.76. The molecule has 0 saturated heterocycles. The van der Waals surface area contributed by atoms with E-state index in [1.807, 2.05) is 19.9 Å². The first-order valence-electron chi connectivity index (χ1n) is 7.67. The van der Waals surface area contributed by atoms with E-state index in [4.69, 9.17) is 4.74 Å². The Bertz CT molecular complexity index is 932. The maximum atomic E-state index is 14.0. The van der Waals surface area contributed by atoms with Crippen LogP contribution < -0.4 is 4.74 Å². The van der Waals surface area contributed by atoms with Crippen molar-refractivity contribution in [3.05, 3.63) is 52.6 Å². The first-order chi connectivity index (χ1) is 11.5. The van der Waals surface area contributed by atoms with Gasteiger partial charge in [0.05, 0.1) is 4.90 Å². The molecule has 2 aromatic rings. The number of hydrogen-bond donors (Lipinski definition) is 1. The first-order valence-corrected chi connectivity index (χ1v) is 9.56. The minimum Gasteiger partial charge on any atom is -0.457 e. The van der Waals surface area contributed by atoms with E-state index in [-0.39, 0.29) is 21.8 Å². The molecule has 0 aromatic heterocycles. The fraction of sp³-hybridized carbons (Fsp3) is 0.333. The zero-order valence-corrected chi connectivity index (χ0v) is 14.8. The largest absolute Gasteiger partial charge is 0.457 e. The van der Waals surface area contributed by atoms with Crippen molar-refractivity contribution >= 4 is 9.84 Å². The first kappa shape index (κ1) is 17.8. The molecule has 0 bridgehead atoms. The lowest BCUT2D eigenvalue weighted by Crippen LogP contribution is -2.22. The number of halogens is 2. The fourth-order valence-corrected chi connectivity index (χ4v) is 4.14. The Hall–Kier alpha value is -1.99. The highest BCUT2D eigenvalue weighted by molar-refractivity contribution is 7.90. The summed E-state index contributed by atoms with van der Waals surface area (Å²) >= 11 is 0. The Balaban J connectivity index is 2.15. The van der Waals surface area contributed by atoms with Crippen LogP contribution in [-0.2, 0) is 16.3 Å². The van der Waals surface area contributed by atoms with Crippen LogP contribution >= 0.6 is 0 Å². The average molecular weight is 368 g/mol. The van der Waals surface area contributed by atoms with E-state index in [0.717, 1.165) is 17.4 Å². The number of aliphatic hydroxyl groups excluding tert-OH is 1. The van der Waals surface area contributed by atoms with Gasteiger partial charge in [-0.05, 0) is 49.2 Å². The summed E-state index contributed by atoms with van der Waals surface area (Å²) in [7, 11) is -3.76. The zero-order valence-electron chi connectivity index (χ0n) is 14.0. The van der Waals surface area contributed by atoms with Crippen LogP contribution in [0.5, 0.6) is 11.5 Å². The fourth-order valence-electron chi connectivity index (χ4n) is 3.19. The summed E-state index contributed by atoms with van der Waals surface area (Å²) in [6, 6.07) is 8.03. The predicted octanol–water partition coefficient (Wildman–Crippen LogP) is 3.72. The molecule has 25 heavy (non-hydrogen) atoms. The lowest BCUT2D eigenvalue weighted by Gasteiger charge is -2.16. The molecule has 7 heteroatoms. The minimum absolute atomic E-state index is 0.0274. The molecule has 1 aliphatic carbocycles. The van der Waals surface area contributed by atoms with Crippen molar-refractivity contribution in [2.45, 2.75) is 37.2 Å². The second kappa shape index (κ2) is 5.78. The number of hydrogen-bond acceptors (Lipinski definition) is 4. The third kappa shape index (κ3) is 3.26. The van der Waals surface area contributed by atoms with Crippen molar-refractivity contribution in [2.75, 3.05) is 6.26 Å². The van der Waals surface area contributed by atoms with Crippen LogP contribution in [0.4, 0.5) is 8.78 Å². The maximum Gasteiger partial charge on any atom is 0.281 e. The number of ether oxygens (including phenoxy) is 1. The Morgan fingerprint density at radius 3 is 2.32 bits per heavy atom. The van der Waals surface area contributed by atoms with E-state index >= 15 is 0 Å². The van der Waals surface area contributed by atoms with Gasteiger partial charge in [-0.15, -0.1) is 0 Å². The summed E-state index contributed by atoms with van der Waals surface area (Å²) in [6.45, 7) is 3.77. The van der Waals surface area contributed by atoms with Crippen LogP contribution in [0, 0.1) is 13.8 Å². The number of fused-ring (bicyclic) bond motifs is 1. The van der Waals surface area contributed by atoms with Gasteiger partial charge in [0, 0.05) is 23.8 Å². The number of rotatable bonds is 3. The van der Waals surface area contributed by atoms with Gasteiger partial charge in [0.1, 0.15) is 17.6 Å². The summed E-state index contributed by atoms with van der Waals surface area (Å²) in [5.74, 6) is -2.84. The van der Waals surface area contributed by atoms with Gasteiger partial charge in [0.2, 0.25) is 0 Å². The predicted molar refractivity (Wildman–Crippen MR) is 89.2 cm³/mol. The van der Waals surface area contributed by atoms with Crippen molar-refractivity contribution in [1.29, 1.82) is 0 Å². The molecule has 0 heterocycles. The maximum absolute atomic E-state index is 14.0. The molecule has 1 atom stereocenters. The smallest absolute Gasteiger partial charge is 0.281 e. The molecular weight excluding hydrogens is 350 g/mol. The van der Waals surface area contributed by atoms with Gasteiger partial charge in [-0.25, -0.2) is 17.2 Å². The summed E-state index contributed by atoms with van der Waals surface area (Å²) < 4.78 is 57.7. The van der Waals surface area contributed by atoms with E-state index in [2.05, 4.69) is 0 Å². The van der Waals surface area contributed by atoms with E-state index in [1.165, 1.54) is 12.1 Å². The molecule has 4 nitrogen and oxygen atoms in total.